The van der Waals surface area contributed by atoms with Crippen LogP contribution in [0, 0.1) is 5.92 Å². The number of carbonyl (C=O) groups excluding carboxylic acids is 1. The van der Waals surface area contributed by atoms with Crippen LogP contribution >= 0.6 is 0 Å². The van der Waals surface area contributed by atoms with E-state index < -0.39 is 5.97 Å². The summed E-state index contributed by atoms with van der Waals surface area (Å²) in [5.41, 5.74) is 9.11. The van der Waals surface area contributed by atoms with Crippen LogP contribution in [0.1, 0.15) is 30.5 Å². The van der Waals surface area contributed by atoms with Crippen molar-refractivity contribution < 1.29 is 14.7 Å². The lowest BCUT2D eigenvalue weighted by Gasteiger charge is -2.20. The molecule has 1 amide bonds. The van der Waals surface area contributed by atoms with Crippen molar-refractivity contribution in [2.45, 2.75) is 31.8 Å². The maximum Gasteiger partial charge on any atom is 0.303 e. The van der Waals surface area contributed by atoms with E-state index in [0.717, 1.165) is 16.8 Å². The molecular weight excluding hydrogens is 258 g/mol. The Bertz CT molecular complexity index is 573. The highest BCUT2D eigenvalue weighted by atomic mass is 16.4. The molecule has 3 rings (SSSR count). The van der Waals surface area contributed by atoms with Crippen LogP contribution in [0.15, 0.2) is 18.2 Å². The zero-order valence-corrected chi connectivity index (χ0v) is 11.1. The molecule has 1 aromatic rings. The van der Waals surface area contributed by atoms with Crippen molar-refractivity contribution in [2.24, 2.45) is 5.92 Å². The number of hydrogen-bond acceptors (Lipinski definition) is 4. The second kappa shape index (κ2) is 4.88. The number of amides is 1. The Morgan fingerprint density at radius 1 is 1.40 bits per heavy atom. The van der Waals surface area contributed by atoms with E-state index in [1.165, 1.54) is 0 Å². The van der Waals surface area contributed by atoms with E-state index in [1.807, 2.05) is 25.1 Å². The molecule has 106 valence electrons. The maximum absolute atomic E-state index is 11.4. The van der Waals surface area contributed by atoms with Gasteiger partial charge in [-0.2, -0.15) is 0 Å². The minimum Gasteiger partial charge on any atom is -0.481 e. The Labute approximate surface area is 116 Å². The van der Waals surface area contributed by atoms with E-state index >= 15 is 0 Å². The number of carboxylic acid groups (broad SMARTS) is 1. The highest BCUT2D eigenvalue weighted by Crippen LogP contribution is 2.34. The van der Waals surface area contributed by atoms with Crippen LogP contribution in [0.2, 0.25) is 0 Å². The van der Waals surface area contributed by atoms with Gasteiger partial charge in [0, 0.05) is 17.6 Å². The number of nitrogens with one attached hydrogen (secondary N) is 3. The van der Waals surface area contributed by atoms with E-state index in [4.69, 9.17) is 5.11 Å². The normalized spacial score (nSPS) is 28.2. The minimum atomic E-state index is -0.796. The van der Waals surface area contributed by atoms with Crippen LogP contribution in [0.4, 0.5) is 5.69 Å². The predicted molar refractivity (Wildman–Crippen MR) is 73.0 cm³/mol. The van der Waals surface area contributed by atoms with E-state index in [0.29, 0.717) is 6.42 Å². The van der Waals surface area contributed by atoms with Gasteiger partial charge in [0.25, 0.3) is 0 Å². The van der Waals surface area contributed by atoms with Gasteiger partial charge < -0.3 is 10.4 Å². The first kappa shape index (κ1) is 13.1. The summed E-state index contributed by atoms with van der Waals surface area (Å²) in [5, 5.41) is 11.8. The first-order valence-corrected chi connectivity index (χ1v) is 6.70. The fourth-order valence-corrected chi connectivity index (χ4v) is 2.99. The number of benzene rings is 1. The quantitative estimate of drug-likeness (QED) is 0.655. The largest absolute Gasteiger partial charge is 0.481 e. The van der Waals surface area contributed by atoms with Crippen LogP contribution in [0.3, 0.4) is 0 Å². The Morgan fingerprint density at radius 2 is 2.20 bits per heavy atom. The number of carbonyl (C=O) groups is 2. The molecule has 2 heterocycles. The second-order valence-electron chi connectivity index (χ2n) is 5.46. The predicted octanol–water partition coefficient (Wildman–Crippen LogP) is 0.809. The van der Waals surface area contributed by atoms with E-state index in [1.54, 1.807) is 0 Å². The van der Waals surface area contributed by atoms with Crippen molar-refractivity contribution in [1.82, 2.24) is 10.9 Å². The van der Waals surface area contributed by atoms with Gasteiger partial charge >= 0.3 is 5.97 Å². The molecule has 1 aromatic carbocycles. The van der Waals surface area contributed by atoms with Crippen molar-refractivity contribution in [3.05, 3.63) is 29.3 Å². The van der Waals surface area contributed by atoms with Gasteiger partial charge in [-0.25, -0.2) is 5.43 Å². The molecule has 1 fully saturated rings. The number of hydrazine groups is 1. The third-order valence-corrected chi connectivity index (χ3v) is 4.06. The molecule has 0 radical (unpaired) electrons. The average Bonchev–Trinajstić information content (AvgIpc) is 2.91. The highest BCUT2D eigenvalue weighted by molar-refractivity contribution is 5.99. The Hall–Kier alpha value is -1.92. The van der Waals surface area contributed by atoms with Crippen LogP contribution < -0.4 is 16.2 Å². The van der Waals surface area contributed by atoms with Crippen molar-refractivity contribution in [2.75, 3.05) is 5.32 Å². The molecule has 1 saturated heterocycles. The highest BCUT2D eigenvalue weighted by Gasteiger charge is 2.36. The van der Waals surface area contributed by atoms with Gasteiger partial charge in [-0.3, -0.25) is 15.0 Å². The summed E-state index contributed by atoms with van der Waals surface area (Å²) < 4.78 is 0. The van der Waals surface area contributed by atoms with Crippen molar-refractivity contribution >= 4 is 17.6 Å². The molecule has 3 unspecified atom stereocenters. The first-order valence-electron chi connectivity index (χ1n) is 6.70. The third-order valence-electron chi connectivity index (χ3n) is 4.06. The number of rotatable bonds is 3. The SMILES string of the molecule is CC1NNC(c2ccc3c(c2)CC(=O)N3)C1CC(=O)O. The number of aliphatic carboxylic acids is 1. The van der Waals surface area contributed by atoms with Gasteiger partial charge in [0.2, 0.25) is 5.91 Å². The molecule has 4 N–H and O–H groups in total. The molecule has 2 aliphatic rings. The molecule has 20 heavy (non-hydrogen) atoms. The monoisotopic (exact) mass is 275 g/mol. The van der Waals surface area contributed by atoms with Gasteiger partial charge in [-0.05, 0) is 24.1 Å². The molecule has 0 bridgehead atoms. The molecule has 6 nitrogen and oxygen atoms in total. The molecule has 3 atom stereocenters. The summed E-state index contributed by atoms with van der Waals surface area (Å²) in [5.74, 6) is -0.809. The van der Waals surface area contributed by atoms with E-state index in [2.05, 4.69) is 16.2 Å². The van der Waals surface area contributed by atoms with Crippen molar-refractivity contribution in [1.29, 1.82) is 0 Å². The standard InChI is InChI=1S/C14H17N3O3/c1-7-10(6-13(19)20)14(17-16-7)8-2-3-11-9(4-8)5-12(18)15-11/h2-4,7,10,14,16-17H,5-6H2,1H3,(H,15,18)(H,19,20). The average molecular weight is 275 g/mol. The van der Waals surface area contributed by atoms with Crippen LogP contribution in [0.25, 0.3) is 0 Å². The molecule has 0 aliphatic carbocycles. The van der Waals surface area contributed by atoms with E-state index in [-0.39, 0.29) is 30.3 Å². The number of hydrogen-bond donors (Lipinski definition) is 4. The molecule has 6 heteroatoms. The summed E-state index contributed by atoms with van der Waals surface area (Å²) >= 11 is 0. The topological polar surface area (TPSA) is 90.5 Å². The van der Waals surface area contributed by atoms with Crippen LogP contribution in [-0.2, 0) is 16.0 Å². The van der Waals surface area contributed by atoms with Crippen LogP contribution in [0.5, 0.6) is 0 Å². The maximum atomic E-state index is 11.4. The Kier molecular flexibility index (Phi) is 3.19. The lowest BCUT2D eigenvalue weighted by Crippen LogP contribution is -2.29. The van der Waals surface area contributed by atoms with Gasteiger partial charge in [0.05, 0.1) is 18.9 Å². The Balaban J connectivity index is 1.87. The van der Waals surface area contributed by atoms with Gasteiger partial charge in [-0.1, -0.05) is 12.1 Å². The lowest BCUT2D eigenvalue weighted by atomic mass is 9.87. The second-order valence-corrected chi connectivity index (χ2v) is 5.46. The number of fused-ring (bicyclic) bond motifs is 1. The smallest absolute Gasteiger partial charge is 0.303 e. The Morgan fingerprint density at radius 3 is 2.95 bits per heavy atom. The number of anilines is 1. The van der Waals surface area contributed by atoms with Crippen LogP contribution in [-0.4, -0.2) is 23.0 Å². The van der Waals surface area contributed by atoms with E-state index in [9.17, 15) is 9.59 Å². The lowest BCUT2D eigenvalue weighted by molar-refractivity contribution is -0.138. The molecule has 0 aromatic heterocycles. The zero-order valence-electron chi connectivity index (χ0n) is 11.1. The van der Waals surface area contributed by atoms with Gasteiger partial charge in [0.15, 0.2) is 0 Å². The fourth-order valence-electron chi connectivity index (χ4n) is 2.99. The summed E-state index contributed by atoms with van der Waals surface area (Å²) in [6.07, 6.45) is 0.503. The molecule has 0 saturated carbocycles. The third kappa shape index (κ3) is 2.28. The summed E-state index contributed by atoms with van der Waals surface area (Å²) in [6, 6.07) is 5.85. The molecule has 2 aliphatic heterocycles. The van der Waals surface area contributed by atoms with Gasteiger partial charge in [-0.15, -0.1) is 0 Å². The number of carboxylic acids is 1. The van der Waals surface area contributed by atoms with Crippen molar-refractivity contribution in [3.8, 4) is 0 Å². The first-order chi connectivity index (χ1) is 9.54. The molecular formula is C14H17N3O3. The summed E-state index contributed by atoms with van der Waals surface area (Å²) in [6.45, 7) is 1.97. The fraction of sp³-hybridized carbons (Fsp3) is 0.429. The van der Waals surface area contributed by atoms with Crippen molar-refractivity contribution in [3.63, 3.8) is 0 Å². The summed E-state index contributed by atoms with van der Waals surface area (Å²) in [7, 11) is 0. The van der Waals surface area contributed by atoms with Gasteiger partial charge in [0.1, 0.15) is 0 Å². The minimum absolute atomic E-state index is 0.00473. The zero-order chi connectivity index (χ0) is 14.3. The summed E-state index contributed by atoms with van der Waals surface area (Å²) in [4.78, 5) is 22.4. The molecule has 0 spiro atoms.